The molecule has 1 N–H and O–H groups in total. The van der Waals surface area contributed by atoms with E-state index < -0.39 is 10.0 Å². The van der Waals surface area contributed by atoms with Crippen molar-refractivity contribution in [1.29, 1.82) is 0 Å². The van der Waals surface area contributed by atoms with E-state index >= 15 is 0 Å². The fraction of sp³-hybridized carbons (Fsp3) is 0.261. The smallest absolute Gasteiger partial charge is 0.293 e. The van der Waals surface area contributed by atoms with Crippen LogP contribution >= 0.6 is 0 Å². The maximum absolute atomic E-state index is 12.8. The lowest BCUT2D eigenvalue weighted by Gasteiger charge is -2.19. The Labute approximate surface area is 176 Å². The molecule has 7 heteroatoms. The minimum Gasteiger partial charge on any atom is -0.459 e. The van der Waals surface area contributed by atoms with Gasteiger partial charge in [0.2, 0.25) is 0 Å². The summed E-state index contributed by atoms with van der Waals surface area (Å²) in [5.74, 6) is 0.0809. The van der Waals surface area contributed by atoms with Gasteiger partial charge in [-0.05, 0) is 65.4 Å². The molecular formula is C23H24N2O4S. The molecule has 1 aliphatic rings. The summed E-state index contributed by atoms with van der Waals surface area (Å²) in [6.07, 6.45) is 2.12. The molecule has 3 aromatic rings. The normalized spacial score (nSPS) is 13.9. The van der Waals surface area contributed by atoms with E-state index in [-0.39, 0.29) is 22.0 Å². The van der Waals surface area contributed by atoms with Gasteiger partial charge in [-0.15, -0.1) is 0 Å². The summed E-state index contributed by atoms with van der Waals surface area (Å²) in [7, 11) is -3.70. The molecule has 2 heterocycles. The van der Waals surface area contributed by atoms with Gasteiger partial charge in [0, 0.05) is 17.9 Å². The molecular weight excluding hydrogens is 400 g/mol. The van der Waals surface area contributed by atoms with Gasteiger partial charge in [0.1, 0.15) is 0 Å². The SMILES string of the molecule is CC(C)(C)c1ccc(S(=O)(=O)Nc2ccc3c(c2)CCN3C(=O)c2ccco2)cc1. The van der Waals surface area contributed by atoms with Gasteiger partial charge in [-0.25, -0.2) is 8.42 Å². The Bertz CT molecular complexity index is 1170. The van der Waals surface area contributed by atoms with Crippen molar-refractivity contribution in [3.63, 3.8) is 0 Å². The number of hydrogen-bond donors (Lipinski definition) is 1. The zero-order chi connectivity index (χ0) is 21.5. The maximum atomic E-state index is 12.8. The van der Waals surface area contributed by atoms with Crippen LogP contribution in [-0.4, -0.2) is 20.9 Å². The molecule has 0 fully saturated rings. The first-order valence-corrected chi connectivity index (χ1v) is 11.3. The predicted octanol–water partition coefficient (Wildman–Crippen LogP) is 4.58. The number of benzene rings is 2. The summed E-state index contributed by atoms with van der Waals surface area (Å²) in [6, 6.07) is 15.5. The van der Waals surface area contributed by atoms with Crippen molar-refractivity contribution in [2.75, 3.05) is 16.2 Å². The van der Waals surface area contributed by atoms with Crippen LogP contribution < -0.4 is 9.62 Å². The molecule has 4 rings (SSSR count). The molecule has 6 nitrogen and oxygen atoms in total. The molecule has 156 valence electrons. The standard InChI is InChI=1S/C23H24N2O4S/c1-23(2,3)17-6-9-19(10-7-17)30(27,28)24-18-8-11-20-16(15-18)12-13-25(20)22(26)21-5-4-14-29-21/h4-11,14-15,24H,12-13H2,1-3H3. The molecule has 1 aliphatic heterocycles. The number of amides is 1. The first-order valence-electron chi connectivity index (χ1n) is 9.77. The Morgan fingerprint density at radius 3 is 2.43 bits per heavy atom. The van der Waals surface area contributed by atoms with E-state index in [9.17, 15) is 13.2 Å². The van der Waals surface area contributed by atoms with Crippen LogP contribution in [0.2, 0.25) is 0 Å². The van der Waals surface area contributed by atoms with Crippen molar-refractivity contribution in [3.05, 3.63) is 77.7 Å². The predicted molar refractivity (Wildman–Crippen MR) is 116 cm³/mol. The fourth-order valence-electron chi connectivity index (χ4n) is 3.56. The average molecular weight is 425 g/mol. The molecule has 0 bridgehead atoms. The fourth-order valence-corrected chi connectivity index (χ4v) is 4.61. The lowest BCUT2D eigenvalue weighted by atomic mass is 9.87. The van der Waals surface area contributed by atoms with Crippen LogP contribution in [0.3, 0.4) is 0 Å². The number of sulfonamides is 1. The van der Waals surface area contributed by atoms with Crippen LogP contribution in [0.4, 0.5) is 11.4 Å². The zero-order valence-electron chi connectivity index (χ0n) is 17.2. The first-order chi connectivity index (χ1) is 14.1. The van der Waals surface area contributed by atoms with E-state index in [2.05, 4.69) is 25.5 Å². The molecule has 1 aromatic heterocycles. The van der Waals surface area contributed by atoms with Crippen molar-refractivity contribution in [2.24, 2.45) is 0 Å². The van der Waals surface area contributed by atoms with Crippen LogP contribution in [0.15, 0.2) is 70.2 Å². The topological polar surface area (TPSA) is 79.6 Å². The lowest BCUT2D eigenvalue weighted by molar-refractivity contribution is 0.0963. The largest absolute Gasteiger partial charge is 0.459 e. The van der Waals surface area contributed by atoms with Crippen LogP contribution in [0.1, 0.15) is 42.5 Å². The van der Waals surface area contributed by atoms with Crippen LogP contribution in [-0.2, 0) is 21.9 Å². The van der Waals surface area contributed by atoms with E-state index in [1.807, 2.05) is 12.1 Å². The molecule has 0 spiro atoms. The van der Waals surface area contributed by atoms with Crippen molar-refractivity contribution in [2.45, 2.75) is 37.5 Å². The molecule has 1 amide bonds. The van der Waals surface area contributed by atoms with E-state index in [1.165, 1.54) is 6.26 Å². The minimum absolute atomic E-state index is 0.0470. The number of nitrogens with zero attached hydrogens (tertiary/aromatic N) is 1. The Morgan fingerprint density at radius 2 is 1.80 bits per heavy atom. The highest BCUT2D eigenvalue weighted by Gasteiger charge is 2.27. The highest BCUT2D eigenvalue weighted by Crippen LogP contribution is 2.32. The molecule has 30 heavy (non-hydrogen) atoms. The van der Waals surface area contributed by atoms with Gasteiger partial charge >= 0.3 is 0 Å². The second-order valence-corrected chi connectivity index (χ2v) is 10.1. The number of carbonyl (C=O) groups excluding carboxylic acids is 1. The first kappa shape index (κ1) is 20.2. The molecule has 0 radical (unpaired) electrons. The number of fused-ring (bicyclic) bond motifs is 1. The summed E-state index contributed by atoms with van der Waals surface area (Å²) in [5.41, 5.74) is 3.18. The molecule has 0 unspecified atom stereocenters. The number of nitrogens with one attached hydrogen (secondary N) is 1. The highest BCUT2D eigenvalue weighted by molar-refractivity contribution is 7.92. The third-order valence-electron chi connectivity index (χ3n) is 5.24. The van der Waals surface area contributed by atoms with Crippen molar-refractivity contribution in [1.82, 2.24) is 0 Å². The van der Waals surface area contributed by atoms with E-state index in [4.69, 9.17) is 4.42 Å². The minimum atomic E-state index is -3.70. The summed E-state index contributed by atoms with van der Waals surface area (Å²) in [4.78, 5) is 14.5. The third-order valence-corrected chi connectivity index (χ3v) is 6.63. The Kier molecular flexibility index (Phi) is 4.94. The maximum Gasteiger partial charge on any atom is 0.293 e. The van der Waals surface area contributed by atoms with Crippen molar-refractivity contribution >= 4 is 27.3 Å². The zero-order valence-corrected chi connectivity index (χ0v) is 18.0. The monoisotopic (exact) mass is 424 g/mol. The van der Waals surface area contributed by atoms with Gasteiger partial charge in [-0.2, -0.15) is 0 Å². The third kappa shape index (κ3) is 3.85. The van der Waals surface area contributed by atoms with Crippen LogP contribution in [0, 0.1) is 0 Å². The van der Waals surface area contributed by atoms with Gasteiger partial charge in [0.15, 0.2) is 5.76 Å². The number of rotatable bonds is 4. The average Bonchev–Trinajstić information content (AvgIpc) is 3.36. The summed E-state index contributed by atoms with van der Waals surface area (Å²) >= 11 is 0. The van der Waals surface area contributed by atoms with Gasteiger partial charge in [-0.1, -0.05) is 32.9 Å². The van der Waals surface area contributed by atoms with Gasteiger partial charge < -0.3 is 9.32 Å². The highest BCUT2D eigenvalue weighted by atomic mass is 32.2. The summed E-state index contributed by atoms with van der Waals surface area (Å²) in [6.45, 7) is 6.77. The summed E-state index contributed by atoms with van der Waals surface area (Å²) in [5, 5.41) is 0. The number of carbonyl (C=O) groups is 1. The molecule has 0 atom stereocenters. The number of furan rings is 1. The Hall–Kier alpha value is -3.06. The van der Waals surface area contributed by atoms with E-state index in [0.29, 0.717) is 18.7 Å². The Balaban J connectivity index is 1.54. The molecule has 2 aromatic carbocycles. The lowest BCUT2D eigenvalue weighted by Crippen LogP contribution is -2.28. The van der Waals surface area contributed by atoms with Crippen LogP contribution in [0.5, 0.6) is 0 Å². The van der Waals surface area contributed by atoms with Gasteiger partial charge in [0.05, 0.1) is 11.2 Å². The molecule has 0 saturated heterocycles. The van der Waals surface area contributed by atoms with Gasteiger partial charge in [-0.3, -0.25) is 9.52 Å². The van der Waals surface area contributed by atoms with Gasteiger partial charge in [0.25, 0.3) is 15.9 Å². The summed E-state index contributed by atoms with van der Waals surface area (Å²) < 4.78 is 33.5. The number of anilines is 2. The second-order valence-electron chi connectivity index (χ2n) is 8.41. The van der Waals surface area contributed by atoms with E-state index in [1.54, 1.807) is 47.4 Å². The Morgan fingerprint density at radius 1 is 1.07 bits per heavy atom. The van der Waals surface area contributed by atoms with Crippen molar-refractivity contribution < 1.29 is 17.6 Å². The molecule has 0 saturated carbocycles. The second kappa shape index (κ2) is 7.32. The van der Waals surface area contributed by atoms with E-state index in [0.717, 1.165) is 16.8 Å². The quantitative estimate of drug-likeness (QED) is 0.665. The number of hydrogen-bond acceptors (Lipinski definition) is 4. The van der Waals surface area contributed by atoms with Crippen LogP contribution in [0.25, 0.3) is 0 Å². The molecule has 0 aliphatic carbocycles. The van der Waals surface area contributed by atoms with Crippen molar-refractivity contribution in [3.8, 4) is 0 Å².